The molecule has 0 spiro atoms. The SMILES string of the molecule is CC(C)OC(=O)[C@H](C)NP(=O)([O-])CO[C@H](C)Cn1cnc2c(N)ncnc21.[NH4+]. The van der Waals surface area contributed by atoms with Gasteiger partial charge >= 0.3 is 5.97 Å². The van der Waals surface area contributed by atoms with Crippen LogP contribution in [0.3, 0.4) is 0 Å². The molecule has 0 aliphatic heterocycles. The maximum atomic E-state index is 12.1. The van der Waals surface area contributed by atoms with Crippen LogP contribution in [0.4, 0.5) is 5.82 Å². The van der Waals surface area contributed by atoms with E-state index in [-0.39, 0.29) is 18.1 Å². The Kier molecular flexibility index (Phi) is 8.46. The van der Waals surface area contributed by atoms with Crippen molar-refractivity contribution < 1.29 is 23.7 Å². The van der Waals surface area contributed by atoms with Crippen LogP contribution in [-0.2, 0) is 25.4 Å². The monoisotopic (exact) mass is 417 g/mol. The van der Waals surface area contributed by atoms with Crippen molar-refractivity contribution in [2.75, 3.05) is 12.1 Å². The average Bonchev–Trinajstić information content (AvgIpc) is 2.96. The van der Waals surface area contributed by atoms with Crippen molar-refractivity contribution >= 4 is 30.5 Å². The van der Waals surface area contributed by atoms with E-state index in [4.69, 9.17) is 15.2 Å². The minimum Gasteiger partial charge on any atom is -0.786 e. The predicted molar refractivity (Wildman–Crippen MR) is 103 cm³/mol. The Hall–Kier alpha value is -2.11. The summed E-state index contributed by atoms with van der Waals surface area (Å²) in [7, 11) is -4.14. The lowest BCUT2D eigenvalue weighted by atomic mass is 10.4. The van der Waals surface area contributed by atoms with Gasteiger partial charge in [-0.1, -0.05) is 0 Å². The number of nitrogens with one attached hydrogen (secondary N) is 1. The first-order valence-electron chi connectivity index (χ1n) is 8.40. The summed E-state index contributed by atoms with van der Waals surface area (Å²) < 4.78 is 24.2. The fourth-order valence-electron chi connectivity index (χ4n) is 2.31. The Morgan fingerprint density at radius 3 is 2.64 bits per heavy atom. The second kappa shape index (κ2) is 9.89. The quantitative estimate of drug-likeness (QED) is 0.384. The number of carbonyl (C=O) groups is 1. The van der Waals surface area contributed by atoms with E-state index >= 15 is 0 Å². The van der Waals surface area contributed by atoms with Gasteiger partial charge in [-0.05, 0) is 27.7 Å². The second-order valence-electron chi connectivity index (χ2n) is 6.44. The number of nitrogen functional groups attached to an aromatic ring is 1. The fraction of sp³-hybridized carbons (Fsp3) is 0.600. The summed E-state index contributed by atoms with van der Waals surface area (Å²) in [5.74, 6) is -0.376. The molecule has 0 aliphatic rings. The standard InChI is InChI=1S/C15H25N6O5P.H3N/c1-9(2)26-15(22)11(4)20-27(23,24)8-25-10(3)5-21-7-19-12-13(16)17-6-18-14(12)21;/h6-7,9-11H,5,8H2,1-4H3,(H2,16,17,18)(H2,20,23,24);1H3/t10-,11+;/m1./s1. The highest BCUT2D eigenvalue weighted by Gasteiger charge is 2.21. The minimum atomic E-state index is -4.14. The largest absolute Gasteiger partial charge is 0.786 e. The van der Waals surface area contributed by atoms with Gasteiger partial charge in [-0.25, -0.2) is 15.0 Å². The molecule has 0 saturated carbocycles. The van der Waals surface area contributed by atoms with E-state index in [0.717, 1.165) is 0 Å². The molecule has 2 rings (SSSR count). The van der Waals surface area contributed by atoms with E-state index in [9.17, 15) is 14.3 Å². The summed E-state index contributed by atoms with van der Waals surface area (Å²) in [6.45, 7) is 6.82. The van der Waals surface area contributed by atoms with Crippen LogP contribution >= 0.6 is 7.52 Å². The fourth-order valence-corrected chi connectivity index (χ4v) is 3.53. The maximum Gasteiger partial charge on any atom is 0.323 e. The van der Waals surface area contributed by atoms with Crippen LogP contribution in [0.25, 0.3) is 11.2 Å². The van der Waals surface area contributed by atoms with E-state index in [1.54, 1.807) is 25.3 Å². The number of carbonyl (C=O) groups excluding carboxylic acids is 1. The van der Waals surface area contributed by atoms with Gasteiger partial charge in [0.25, 0.3) is 0 Å². The molecule has 0 radical (unpaired) electrons. The Balaban J connectivity index is 0.00000392. The predicted octanol–water partition coefficient (Wildman–Crippen LogP) is 0.630. The molecule has 158 valence electrons. The van der Waals surface area contributed by atoms with Crippen LogP contribution in [0.5, 0.6) is 0 Å². The summed E-state index contributed by atoms with van der Waals surface area (Å²) in [5, 5.41) is 2.26. The molecule has 0 saturated heterocycles. The molecule has 0 bridgehead atoms. The van der Waals surface area contributed by atoms with Gasteiger partial charge in [0.2, 0.25) is 0 Å². The van der Waals surface area contributed by atoms with Crippen molar-refractivity contribution in [2.24, 2.45) is 0 Å². The zero-order chi connectivity index (χ0) is 20.2. The zero-order valence-corrected chi connectivity index (χ0v) is 17.6. The van der Waals surface area contributed by atoms with Gasteiger partial charge in [-0.2, -0.15) is 0 Å². The second-order valence-corrected chi connectivity index (χ2v) is 8.31. The molecule has 2 aromatic rings. The first-order chi connectivity index (χ1) is 12.6. The molecule has 2 heterocycles. The Morgan fingerprint density at radius 1 is 1.32 bits per heavy atom. The topological polar surface area (TPSA) is 194 Å². The van der Waals surface area contributed by atoms with Crippen LogP contribution in [0.1, 0.15) is 27.7 Å². The highest BCUT2D eigenvalue weighted by molar-refractivity contribution is 7.54. The van der Waals surface area contributed by atoms with Crippen molar-refractivity contribution in [2.45, 2.75) is 52.5 Å². The normalized spacial score (nSPS) is 15.6. The lowest BCUT2D eigenvalue weighted by Gasteiger charge is -2.29. The number of fused-ring (bicyclic) bond motifs is 1. The van der Waals surface area contributed by atoms with Crippen molar-refractivity contribution in [1.82, 2.24) is 30.8 Å². The van der Waals surface area contributed by atoms with Gasteiger partial charge in [-0.3, -0.25) is 9.88 Å². The third kappa shape index (κ3) is 6.50. The van der Waals surface area contributed by atoms with Crippen LogP contribution in [-0.4, -0.2) is 50.1 Å². The molecule has 2 aromatic heterocycles. The molecule has 0 aromatic carbocycles. The highest BCUT2D eigenvalue weighted by atomic mass is 31.2. The van der Waals surface area contributed by atoms with Gasteiger partial charge in [0.1, 0.15) is 31.8 Å². The molecule has 0 amide bonds. The first-order valence-corrected chi connectivity index (χ1v) is 10.2. The Morgan fingerprint density at radius 2 is 2.00 bits per heavy atom. The number of quaternary nitrogens is 1. The van der Waals surface area contributed by atoms with Crippen molar-refractivity contribution in [3.63, 3.8) is 0 Å². The van der Waals surface area contributed by atoms with E-state index in [1.165, 1.54) is 19.6 Å². The number of hydrogen-bond donors (Lipinski definition) is 3. The van der Waals surface area contributed by atoms with E-state index < -0.39 is 32.0 Å². The van der Waals surface area contributed by atoms with Crippen molar-refractivity contribution in [1.29, 1.82) is 0 Å². The Labute approximate surface area is 162 Å². The molecule has 12 nitrogen and oxygen atoms in total. The van der Waals surface area contributed by atoms with E-state index in [0.29, 0.717) is 17.7 Å². The zero-order valence-electron chi connectivity index (χ0n) is 16.7. The van der Waals surface area contributed by atoms with Crippen LogP contribution < -0.4 is 21.9 Å². The number of rotatable bonds is 9. The molecule has 1 unspecified atom stereocenters. The van der Waals surface area contributed by atoms with Crippen LogP contribution in [0.2, 0.25) is 0 Å². The van der Waals surface area contributed by atoms with E-state index in [2.05, 4.69) is 20.0 Å². The van der Waals surface area contributed by atoms with Gasteiger partial charge < -0.3 is 35.4 Å². The van der Waals surface area contributed by atoms with Crippen LogP contribution in [0, 0.1) is 0 Å². The first kappa shape index (κ1) is 23.9. The average molecular weight is 417 g/mol. The number of anilines is 1. The number of esters is 1. The van der Waals surface area contributed by atoms with Gasteiger partial charge in [0, 0.05) is 0 Å². The van der Waals surface area contributed by atoms with Crippen molar-refractivity contribution in [3.05, 3.63) is 12.7 Å². The van der Waals surface area contributed by atoms with Crippen LogP contribution in [0.15, 0.2) is 12.7 Å². The maximum absolute atomic E-state index is 12.1. The molecule has 0 aliphatic carbocycles. The highest BCUT2D eigenvalue weighted by Crippen LogP contribution is 2.31. The third-order valence-corrected chi connectivity index (χ3v) is 4.78. The van der Waals surface area contributed by atoms with E-state index in [1.807, 2.05) is 0 Å². The summed E-state index contributed by atoms with van der Waals surface area (Å²) in [5.41, 5.74) is 6.74. The summed E-state index contributed by atoms with van der Waals surface area (Å²) in [6, 6.07) is -0.994. The molecule has 28 heavy (non-hydrogen) atoms. The smallest absolute Gasteiger partial charge is 0.323 e. The Bertz CT molecular complexity index is 843. The molecule has 7 N–H and O–H groups in total. The number of hydrogen-bond acceptors (Lipinski definition) is 9. The molecule has 13 heteroatoms. The number of aromatic nitrogens is 4. The molecular weight excluding hydrogens is 389 g/mol. The number of ether oxygens (including phenoxy) is 2. The van der Waals surface area contributed by atoms with Gasteiger partial charge in [0.15, 0.2) is 11.5 Å². The molecule has 0 fully saturated rings. The summed E-state index contributed by atoms with van der Waals surface area (Å²) in [4.78, 5) is 36.0. The number of nitrogens with zero attached hydrogens (tertiary/aromatic N) is 4. The van der Waals surface area contributed by atoms with Gasteiger partial charge in [0.05, 0.1) is 25.1 Å². The van der Waals surface area contributed by atoms with Crippen molar-refractivity contribution in [3.8, 4) is 0 Å². The lowest BCUT2D eigenvalue weighted by Crippen LogP contribution is -2.38. The molecular formula is C15H28N7O5P. The third-order valence-electron chi connectivity index (χ3n) is 3.51. The van der Waals surface area contributed by atoms with Gasteiger partial charge in [-0.15, -0.1) is 0 Å². The molecule has 3 atom stereocenters. The summed E-state index contributed by atoms with van der Waals surface area (Å²) >= 11 is 0. The number of nitrogens with two attached hydrogens (primary N) is 1. The minimum absolute atomic E-state index is 0. The number of imidazole rings is 1. The summed E-state index contributed by atoms with van der Waals surface area (Å²) in [6.07, 6.45) is 1.51. The lowest BCUT2D eigenvalue weighted by molar-refractivity contribution is -0.186.